The SMILES string of the molecule is O=C(Nc1ccc(F)c(F)c1)c1ccnc(NS(=O)(=O)Cc2ccc(F)cc2)c1. The van der Waals surface area contributed by atoms with E-state index in [1.165, 1.54) is 36.5 Å². The van der Waals surface area contributed by atoms with E-state index < -0.39 is 39.1 Å². The van der Waals surface area contributed by atoms with Gasteiger partial charge < -0.3 is 5.32 Å². The minimum Gasteiger partial charge on any atom is -0.322 e. The van der Waals surface area contributed by atoms with Crippen LogP contribution in [-0.4, -0.2) is 19.3 Å². The van der Waals surface area contributed by atoms with Crippen LogP contribution in [0.15, 0.2) is 60.8 Å². The Kier molecular flexibility index (Phi) is 5.83. The molecule has 0 unspecified atom stereocenters. The first-order valence-corrected chi connectivity index (χ1v) is 9.84. The van der Waals surface area contributed by atoms with E-state index in [4.69, 9.17) is 0 Å². The molecule has 0 radical (unpaired) electrons. The number of sulfonamides is 1. The third kappa shape index (κ3) is 5.55. The number of hydrogen-bond acceptors (Lipinski definition) is 4. The number of rotatable bonds is 6. The summed E-state index contributed by atoms with van der Waals surface area (Å²) in [6.45, 7) is 0. The van der Waals surface area contributed by atoms with Crippen LogP contribution in [-0.2, 0) is 15.8 Å². The molecule has 0 bridgehead atoms. The van der Waals surface area contributed by atoms with E-state index in [1.807, 2.05) is 0 Å². The Labute approximate surface area is 164 Å². The average molecular weight is 421 g/mol. The summed E-state index contributed by atoms with van der Waals surface area (Å²) in [5, 5.41) is 2.38. The Morgan fingerprint density at radius 2 is 1.66 bits per heavy atom. The fraction of sp³-hybridized carbons (Fsp3) is 0.0526. The number of nitrogens with zero attached hydrogens (tertiary/aromatic N) is 1. The van der Waals surface area contributed by atoms with E-state index >= 15 is 0 Å². The van der Waals surface area contributed by atoms with Gasteiger partial charge in [0.2, 0.25) is 10.0 Å². The van der Waals surface area contributed by atoms with Crippen molar-refractivity contribution in [3.8, 4) is 0 Å². The number of carbonyl (C=O) groups excluding carboxylic acids is 1. The summed E-state index contributed by atoms with van der Waals surface area (Å²) in [6, 6.07) is 10.4. The first kappa shape index (κ1) is 20.3. The van der Waals surface area contributed by atoms with Gasteiger partial charge in [0, 0.05) is 23.5 Å². The first-order valence-electron chi connectivity index (χ1n) is 8.19. The van der Waals surface area contributed by atoms with Gasteiger partial charge in [-0.3, -0.25) is 9.52 Å². The maximum absolute atomic E-state index is 13.2. The predicted octanol–water partition coefficient (Wildman–Crippen LogP) is 3.69. The number of carbonyl (C=O) groups is 1. The molecule has 29 heavy (non-hydrogen) atoms. The van der Waals surface area contributed by atoms with Gasteiger partial charge in [-0.2, -0.15) is 0 Å². The summed E-state index contributed by atoms with van der Waals surface area (Å²) in [5.41, 5.74) is 0.444. The van der Waals surface area contributed by atoms with Gasteiger partial charge in [0.05, 0.1) is 5.75 Å². The molecule has 0 aliphatic carbocycles. The molecule has 0 saturated heterocycles. The molecule has 0 aliphatic rings. The molecule has 0 saturated carbocycles. The normalized spacial score (nSPS) is 11.1. The van der Waals surface area contributed by atoms with Crippen molar-refractivity contribution in [2.24, 2.45) is 0 Å². The Hall–Kier alpha value is -3.40. The fourth-order valence-corrected chi connectivity index (χ4v) is 3.53. The third-order valence-electron chi connectivity index (χ3n) is 3.73. The van der Waals surface area contributed by atoms with Crippen molar-refractivity contribution in [2.45, 2.75) is 5.75 Å². The molecule has 3 rings (SSSR count). The van der Waals surface area contributed by atoms with Crippen LogP contribution in [0.25, 0.3) is 0 Å². The van der Waals surface area contributed by atoms with Crippen molar-refractivity contribution in [3.63, 3.8) is 0 Å². The Morgan fingerprint density at radius 3 is 2.34 bits per heavy atom. The molecule has 10 heteroatoms. The molecule has 0 spiro atoms. The summed E-state index contributed by atoms with van der Waals surface area (Å²) in [7, 11) is -3.87. The highest BCUT2D eigenvalue weighted by molar-refractivity contribution is 7.91. The Morgan fingerprint density at radius 1 is 0.931 bits per heavy atom. The highest BCUT2D eigenvalue weighted by atomic mass is 32.2. The lowest BCUT2D eigenvalue weighted by Crippen LogP contribution is -2.17. The molecule has 6 nitrogen and oxygen atoms in total. The maximum atomic E-state index is 13.2. The molecule has 2 N–H and O–H groups in total. The molecule has 0 fully saturated rings. The predicted molar refractivity (Wildman–Crippen MR) is 101 cm³/mol. The third-order valence-corrected chi connectivity index (χ3v) is 4.96. The number of benzene rings is 2. The van der Waals surface area contributed by atoms with Gasteiger partial charge in [-0.1, -0.05) is 12.1 Å². The highest BCUT2D eigenvalue weighted by Crippen LogP contribution is 2.16. The molecular formula is C19H14F3N3O3S. The van der Waals surface area contributed by atoms with Gasteiger partial charge in [0.1, 0.15) is 11.6 Å². The fourth-order valence-electron chi connectivity index (χ4n) is 2.40. The van der Waals surface area contributed by atoms with E-state index in [9.17, 15) is 26.4 Å². The lowest BCUT2D eigenvalue weighted by Gasteiger charge is -2.09. The number of halogens is 3. The largest absolute Gasteiger partial charge is 0.322 e. The Balaban J connectivity index is 1.71. The van der Waals surface area contributed by atoms with Crippen molar-refractivity contribution in [1.29, 1.82) is 0 Å². The van der Waals surface area contributed by atoms with Gasteiger partial charge in [-0.15, -0.1) is 0 Å². The van der Waals surface area contributed by atoms with Crippen molar-refractivity contribution in [3.05, 3.63) is 89.4 Å². The van der Waals surface area contributed by atoms with E-state index in [-0.39, 0.29) is 17.1 Å². The molecule has 1 amide bonds. The lowest BCUT2D eigenvalue weighted by molar-refractivity contribution is 0.102. The topological polar surface area (TPSA) is 88.2 Å². The smallest absolute Gasteiger partial charge is 0.255 e. The maximum Gasteiger partial charge on any atom is 0.255 e. The summed E-state index contributed by atoms with van der Waals surface area (Å²) < 4.78 is 65.9. The van der Waals surface area contributed by atoms with Crippen LogP contribution in [0.4, 0.5) is 24.7 Å². The van der Waals surface area contributed by atoms with Crippen molar-refractivity contribution in [2.75, 3.05) is 10.0 Å². The van der Waals surface area contributed by atoms with Gasteiger partial charge in [0.15, 0.2) is 11.6 Å². The minimum atomic E-state index is -3.87. The quantitative estimate of drug-likeness (QED) is 0.635. The van der Waals surface area contributed by atoms with Crippen LogP contribution in [0, 0.1) is 17.5 Å². The zero-order valence-corrected chi connectivity index (χ0v) is 15.5. The number of pyridine rings is 1. The molecule has 1 aromatic heterocycles. The zero-order chi connectivity index (χ0) is 21.0. The van der Waals surface area contributed by atoms with Gasteiger partial charge in [-0.05, 0) is 42.0 Å². The average Bonchev–Trinajstić information content (AvgIpc) is 2.66. The number of aromatic nitrogens is 1. The van der Waals surface area contributed by atoms with Crippen LogP contribution < -0.4 is 10.0 Å². The summed E-state index contributed by atoms with van der Waals surface area (Å²) in [5.74, 6) is -3.85. The van der Waals surface area contributed by atoms with Crippen molar-refractivity contribution < 1.29 is 26.4 Å². The zero-order valence-electron chi connectivity index (χ0n) is 14.7. The molecule has 150 valence electrons. The second kappa shape index (κ2) is 8.31. The summed E-state index contributed by atoms with van der Waals surface area (Å²) in [6.07, 6.45) is 1.22. The van der Waals surface area contributed by atoms with Crippen LogP contribution in [0.1, 0.15) is 15.9 Å². The van der Waals surface area contributed by atoms with Crippen LogP contribution >= 0.6 is 0 Å². The number of anilines is 2. The van der Waals surface area contributed by atoms with Crippen LogP contribution in [0.3, 0.4) is 0 Å². The second-order valence-corrected chi connectivity index (χ2v) is 7.72. The standard InChI is InChI=1S/C19H14F3N3O3S/c20-14-3-1-12(2-4-14)11-29(27,28)25-18-9-13(7-8-23-18)19(26)24-15-5-6-16(21)17(22)10-15/h1-10H,11H2,(H,23,25)(H,24,26). The molecular weight excluding hydrogens is 407 g/mol. The van der Waals surface area contributed by atoms with Gasteiger partial charge >= 0.3 is 0 Å². The lowest BCUT2D eigenvalue weighted by atomic mass is 10.2. The van der Waals surface area contributed by atoms with Crippen molar-refractivity contribution in [1.82, 2.24) is 4.98 Å². The first-order chi connectivity index (χ1) is 13.7. The summed E-state index contributed by atoms with van der Waals surface area (Å²) in [4.78, 5) is 16.1. The number of amides is 1. The van der Waals surface area contributed by atoms with E-state index in [2.05, 4.69) is 15.0 Å². The van der Waals surface area contributed by atoms with E-state index in [0.717, 1.165) is 24.3 Å². The molecule has 0 atom stereocenters. The number of hydrogen-bond donors (Lipinski definition) is 2. The van der Waals surface area contributed by atoms with Gasteiger partial charge in [-0.25, -0.2) is 26.6 Å². The van der Waals surface area contributed by atoms with Crippen molar-refractivity contribution >= 4 is 27.4 Å². The second-order valence-electron chi connectivity index (χ2n) is 6.00. The Bertz CT molecular complexity index is 1150. The molecule has 3 aromatic rings. The number of nitrogens with one attached hydrogen (secondary N) is 2. The molecule has 2 aromatic carbocycles. The highest BCUT2D eigenvalue weighted by Gasteiger charge is 2.15. The summed E-state index contributed by atoms with van der Waals surface area (Å²) >= 11 is 0. The van der Waals surface area contributed by atoms with Crippen LogP contribution in [0.2, 0.25) is 0 Å². The minimum absolute atomic E-state index is 0.0316. The van der Waals surface area contributed by atoms with Gasteiger partial charge in [0.25, 0.3) is 5.91 Å². The van der Waals surface area contributed by atoms with E-state index in [1.54, 1.807) is 0 Å². The van der Waals surface area contributed by atoms with E-state index in [0.29, 0.717) is 5.56 Å². The molecule has 1 heterocycles. The monoisotopic (exact) mass is 421 g/mol. The van der Waals surface area contributed by atoms with Crippen LogP contribution in [0.5, 0.6) is 0 Å². The molecule has 0 aliphatic heterocycles.